The summed E-state index contributed by atoms with van der Waals surface area (Å²) >= 11 is 0. The fourth-order valence-electron chi connectivity index (χ4n) is 2.95. The molecule has 2 aromatic carbocycles. The third kappa shape index (κ3) is 4.63. The number of hydrogen-bond donors (Lipinski definition) is 2. The number of benzene rings is 2. The van der Waals surface area contributed by atoms with Gasteiger partial charge in [0.2, 0.25) is 11.8 Å². The molecule has 1 aliphatic carbocycles. The van der Waals surface area contributed by atoms with Gasteiger partial charge < -0.3 is 15.4 Å². The van der Waals surface area contributed by atoms with E-state index in [1.54, 1.807) is 12.1 Å². The Hall–Kier alpha value is -2.82. The molecule has 1 saturated carbocycles. The number of hydrogen-bond acceptors (Lipinski definition) is 3. The van der Waals surface area contributed by atoms with Gasteiger partial charge in [0.05, 0.1) is 18.4 Å². The number of carbonyl (C=O) groups excluding carboxylic acids is 2. The highest BCUT2D eigenvalue weighted by molar-refractivity contribution is 5.99. The van der Waals surface area contributed by atoms with E-state index in [1.807, 2.05) is 50.2 Å². The molecule has 3 rings (SSSR count). The molecule has 2 N–H and O–H groups in total. The number of ether oxygens (including phenoxy) is 1. The first kappa shape index (κ1) is 18.0. The molecule has 2 unspecified atom stereocenters. The van der Waals surface area contributed by atoms with Gasteiger partial charge in [-0.15, -0.1) is 0 Å². The Bertz CT molecular complexity index is 786. The van der Waals surface area contributed by atoms with Crippen molar-refractivity contribution < 1.29 is 14.3 Å². The van der Waals surface area contributed by atoms with Crippen molar-refractivity contribution in [3.05, 3.63) is 59.7 Å². The Labute approximate surface area is 153 Å². The lowest BCUT2D eigenvalue weighted by Crippen LogP contribution is -2.27. The van der Waals surface area contributed by atoms with Gasteiger partial charge in [-0.1, -0.05) is 29.8 Å². The average Bonchev–Trinajstić information content (AvgIpc) is 3.43. The molecule has 0 heterocycles. The van der Waals surface area contributed by atoms with E-state index < -0.39 is 0 Å². The summed E-state index contributed by atoms with van der Waals surface area (Å²) in [5.74, 6) is 0.120. The van der Waals surface area contributed by atoms with E-state index in [0.29, 0.717) is 25.3 Å². The first-order valence-electron chi connectivity index (χ1n) is 8.94. The summed E-state index contributed by atoms with van der Waals surface area (Å²) in [6.07, 6.45) is 0.600. The smallest absolute Gasteiger partial charge is 0.228 e. The molecule has 0 aromatic heterocycles. The molecule has 2 aromatic rings. The van der Waals surface area contributed by atoms with Crippen LogP contribution in [0.2, 0.25) is 0 Å². The van der Waals surface area contributed by atoms with Crippen LogP contribution in [0, 0.1) is 18.8 Å². The fraction of sp³-hybridized carbons (Fsp3) is 0.333. The van der Waals surface area contributed by atoms with E-state index in [1.165, 1.54) is 0 Å². The molecule has 0 spiro atoms. The predicted octanol–water partition coefficient (Wildman–Crippen LogP) is 3.28. The van der Waals surface area contributed by atoms with Crippen molar-refractivity contribution in [3.8, 4) is 5.75 Å². The molecule has 1 aliphatic rings. The maximum atomic E-state index is 12.3. The van der Waals surface area contributed by atoms with Crippen LogP contribution in [0.15, 0.2) is 48.5 Å². The van der Waals surface area contributed by atoms with Crippen LogP contribution in [-0.4, -0.2) is 18.4 Å². The lowest BCUT2D eigenvalue weighted by Gasteiger charge is -2.08. The largest absolute Gasteiger partial charge is 0.494 e. The van der Waals surface area contributed by atoms with Crippen LogP contribution in [0.3, 0.4) is 0 Å². The van der Waals surface area contributed by atoms with Crippen molar-refractivity contribution in [2.24, 2.45) is 11.8 Å². The topological polar surface area (TPSA) is 67.4 Å². The third-order valence-corrected chi connectivity index (χ3v) is 4.45. The van der Waals surface area contributed by atoms with E-state index >= 15 is 0 Å². The Morgan fingerprint density at radius 2 is 1.81 bits per heavy atom. The van der Waals surface area contributed by atoms with E-state index in [-0.39, 0.29) is 23.7 Å². The molecule has 0 saturated heterocycles. The van der Waals surface area contributed by atoms with Gasteiger partial charge in [-0.05, 0) is 50.1 Å². The number of aryl methyl sites for hydroxylation is 1. The van der Waals surface area contributed by atoms with Crippen LogP contribution < -0.4 is 15.4 Å². The summed E-state index contributed by atoms with van der Waals surface area (Å²) in [5, 5.41) is 5.79. The quantitative estimate of drug-likeness (QED) is 0.803. The minimum atomic E-state index is -0.251. The molecule has 1 fully saturated rings. The van der Waals surface area contributed by atoms with Crippen LogP contribution in [0.5, 0.6) is 5.75 Å². The average molecular weight is 352 g/mol. The zero-order valence-electron chi connectivity index (χ0n) is 15.1. The predicted molar refractivity (Wildman–Crippen MR) is 101 cm³/mol. The van der Waals surface area contributed by atoms with Gasteiger partial charge in [0.1, 0.15) is 5.75 Å². The van der Waals surface area contributed by atoms with E-state index in [0.717, 1.165) is 16.9 Å². The van der Waals surface area contributed by atoms with Gasteiger partial charge >= 0.3 is 0 Å². The maximum Gasteiger partial charge on any atom is 0.228 e. The molecular formula is C21H24N2O3. The van der Waals surface area contributed by atoms with Crippen molar-refractivity contribution in [3.63, 3.8) is 0 Å². The number of amides is 2. The van der Waals surface area contributed by atoms with Crippen LogP contribution in [0.1, 0.15) is 24.5 Å². The number of carbonyl (C=O) groups is 2. The lowest BCUT2D eigenvalue weighted by molar-refractivity contribution is -0.125. The molecule has 0 aliphatic heterocycles. The molecule has 2 amide bonds. The summed E-state index contributed by atoms with van der Waals surface area (Å²) in [4.78, 5) is 24.5. The number of rotatable bonds is 7. The highest BCUT2D eigenvalue weighted by atomic mass is 16.5. The normalized spacial score (nSPS) is 18.1. The van der Waals surface area contributed by atoms with Crippen LogP contribution in [0.4, 0.5) is 5.69 Å². The minimum absolute atomic E-state index is 0.0571. The lowest BCUT2D eigenvalue weighted by atomic mass is 10.1. The molecule has 5 nitrogen and oxygen atoms in total. The summed E-state index contributed by atoms with van der Waals surface area (Å²) in [7, 11) is 0. The van der Waals surface area contributed by atoms with Crippen molar-refractivity contribution in [2.75, 3.05) is 11.9 Å². The van der Waals surface area contributed by atoms with Crippen molar-refractivity contribution in [2.45, 2.75) is 26.8 Å². The summed E-state index contributed by atoms with van der Waals surface area (Å²) < 4.78 is 5.38. The Morgan fingerprint density at radius 1 is 1.08 bits per heavy atom. The van der Waals surface area contributed by atoms with E-state index in [9.17, 15) is 9.59 Å². The monoisotopic (exact) mass is 352 g/mol. The van der Waals surface area contributed by atoms with Crippen LogP contribution >= 0.6 is 0 Å². The summed E-state index contributed by atoms with van der Waals surface area (Å²) in [6.45, 7) is 5.04. The zero-order chi connectivity index (χ0) is 18.5. The second-order valence-corrected chi connectivity index (χ2v) is 6.60. The molecule has 136 valence electrons. The van der Waals surface area contributed by atoms with Crippen LogP contribution in [-0.2, 0) is 16.1 Å². The summed E-state index contributed by atoms with van der Waals surface area (Å²) in [6, 6.07) is 15.3. The van der Waals surface area contributed by atoms with E-state index in [2.05, 4.69) is 10.6 Å². The molecular weight excluding hydrogens is 328 g/mol. The van der Waals surface area contributed by atoms with Gasteiger partial charge in [0.15, 0.2) is 0 Å². The van der Waals surface area contributed by atoms with Gasteiger partial charge in [0, 0.05) is 12.2 Å². The highest BCUT2D eigenvalue weighted by Gasteiger charge is 2.47. The minimum Gasteiger partial charge on any atom is -0.494 e. The van der Waals surface area contributed by atoms with Gasteiger partial charge in [0.25, 0.3) is 0 Å². The van der Waals surface area contributed by atoms with Crippen molar-refractivity contribution >= 4 is 17.5 Å². The fourth-order valence-corrected chi connectivity index (χ4v) is 2.95. The number of anilines is 1. The molecule has 0 bridgehead atoms. The van der Waals surface area contributed by atoms with Gasteiger partial charge in [-0.25, -0.2) is 0 Å². The highest BCUT2D eigenvalue weighted by Crippen LogP contribution is 2.39. The first-order valence-corrected chi connectivity index (χ1v) is 8.94. The third-order valence-electron chi connectivity index (χ3n) is 4.45. The second-order valence-electron chi connectivity index (χ2n) is 6.60. The molecule has 5 heteroatoms. The second kappa shape index (κ2) is 8.04. The molecule has 26 heavy (non-hydrogen) atoms. The Kier molecular flexibility index (Phi) is 5.56. The Balaban J connectivity index is 1.46. The van der Waals surface area contributed by atoms with E-state index in [4.69, 9.17) is 4.74 Å². The number of nitrogens with one attached hydrogen (secondary N) is 2. The molecule has 2 atom stereocenters. The SMILES string of the molecule is CCOc1ccc(NC(=O)C2CC2C(=O)NCc2cccc(C)c2)cc1. The Morgan fingerprint density at radius 3 is 2.50 bits per heavy atom. The maximum absolute atomic E-state index is 12.3. The van der Waals surface area contributed by atoms with Crippen LogP contribution in [0.25, 0.3) is 0 Å². The summed E-state index contributed by atoms with van der Waals surface area (Å²) in [5.41, 5.74) is 2.94. The zero-order valence-corrected chi connectivity index (χ0v) is 15.1. The first-order chi connectivity index (χ1) is 12.6. The van der Waals surface area contributed by atoms with Crippen molar-refractivity contribution in [1.29, 1.82) is 0 Å². The standard InChI is InChI=1S/C21H24N2O3/c1-3-26-17-9-7-16(8-10-17)23-21(25)19-12-18(19)20(24)22-13-15-6-4-5-14(2)11-15/h4-11,18-19H,3,12-13H2,1-2H3,(H,22,24)(H,23,25). The molecule has 0 radical (unpaired) electrons. The van der Waals surface area contributed by atoms with Gasteiger partial charge in [-0.3, -0.25) is 9.59 Å². The van der Waals surface area contributed by atoms with Crippen molar-refractivity contribution in [1.82, 2.24) is 5.32 Å². The van der Waals surface area contributed by atoms with Gasteiger partial charge in [-0.2, -0.15) is 0 Å².